The molecule has 1 aliphatic carbocycles. The zero-order valence-electron chi connectivity index (χ0n) is 6.45. The fraction of sp³-hybridized carbons (Fsp3) is 0.857. The van der Waals surface area contributed by atoms with Crippen molar-refractivity contribution in [2.45, 2.75) is 30.6 Å². The Morgan fingerprint density at radius 3 is 2.55 bits per heavy atom. The summed E-state index contributed by atoms with van der Waals surface area (Å²) in [6.07, 6.45) is 2.11. The molecule has 0 bridgehead atoms. The van der Waals surface area contributed by atoms with Crippen LogP contribution in [-0.4, -0.2) is 21.9 Å². The summed E-state index contributed by atoms with van der Waals surface area (Å²) < 4.78 is -0.536. The minimum absolute atomic E-state index is 0.386. The van der Waals surface area contributed by atoms with E-state index in [1.165, 1.54) is 0 Å². The third-order valence-corrected chi connectivity index (χ3v) is 2.94. The van der Waals surface area contributed by atoms with E-state index < -0.39 is 16.8 Å². The second-order valence-electron chi connectivity index (χ2n) is 3.32. The number of thiol groups is 1. The van der Waals surface area contributed by atoms with Gasteiger partial charge in [0.05, 0.1) is 0 Å². The van der Waals surface area contributed by atoms with Gasteiger partial charge in [0.2, 0.25) is 0 Å². The summed E-state index contributed by atoms with van der Waals surface area (Å²) in [7, 11) is 0. The van der Waals surface area contributed by atoms with Crippen molar-refractivity contribution in [1.82, 2.24) is 0 Å². The maximum Gasteiger partial charge on any atom is 0.321 e. The average Bonchev–Trinajstić information content (AvgIpc) is 2.66. The van der Waals surface area contributed by atoms with E-state index in [4.69, 9.17) is 10.8 Å². The maximum absolute atomic E-state index is 10.5. The van der Waals surface area contributed by atoms with Crippen LogP contribution in [0.2, 0.25) is 0 Å². The molecule has 1 aliphatic rings. The summed E-state index contributed by atoms with van der Waals surface area (Å²) in [5.41, 5.74) is 5.46. The summed E-state index contributed by atoms with van der Waals surface area (Å²) in [5, 5.41) is 8.62. The maximum atomic E-state index is 10.5. The van der Waals surface area contributed by atoms with Gasteiger partial charge in [0.15, 0.2) is 0 Å². The third-order valence-electron chi connectivity index (χ3n) is 2.30. The van der Waals surface area contributed by atoms with E-state index in [2.05, 4.69) is 12.6 Å². The molecule has 1 rings (SSSR count). The molecule has 2 unspecified atom stereocenters. The highest BCUT2D eigenvalue weighted by Crippen LogP contribution is 2.44. The van der Waals surface area contributed by atoms with Crippen molar-refractivity contribution in [1.29, 1.82) is 0 Å². The fourth-order valence-corrected chi connectivity index (χ4v) is 1.54. The number of carboxylic acids is 1. The van der Waals surface area contributed by atoms with Crippen molar-refractivity contribution in [3.63, 3.8) is 0 Å². The van der Waals surface area contributed by atoms with Gasteiger partial charge in [-0.2, -0.15) is 12.6 Å². The summed E-state index contributed by atoms with van der Waals surface area (Å²) in [6, 6.07) is -0.849. The van der Waals surface area contributed by atoms with E-state index >= 15 is 0 Å². The lowest BCUT2D eigenvalue weighted by Gasteiger charge is -2.27. The van der Waals surface area contributed by atoms with E-state index in [9.17, 15) is 4.79 Å². The van der Waals surface area contributed by atoms with Crippen LogP contribution in [-0.2, 0) is 4.79 Å². The highest BCUT2D eigenvalue weighted by molar-refractivity contribution is 7.82. The van der Waals surface area contributed by atoms with Crippen LogP contribution in [0.4, 0.5) is 0 Å². The van der Waals surface area contributed by atoms with Crippen LogP contribution < -0.4 is 5.73 Å². The van der Waals surface area contributed by atoms with Gasteiger partial charge < -0.3 is 10.8 Å². The van der Waals surface area contributed by atoms with E-state index in [1.54, 1.807) is 6.92 Å². The van der Waals surface area contributed by atoms with E-state index in [-0.39, 0.29) is 0 Å². The lowest BCUT2D eigenvalue weighted by molar-refractivity contribution is -0.139. The van der Waals surface area contributed by atoms with E-state index in [0.29, 0.717) is 5.92 Å². The van der Waals surface area contributed by atoms with Crippen molar-refractivity contribution in [3.8, 4) is 0 Å². The largest absolute Gasteiger partial charge is 0.480 e. The zero-order valence-corrected chi connectivity index (χ0v) is 7.34. The molecule has 4 heteroatoms. The summed E-state index contributed by atoms with van der Waals surface area (Å²) >= 11 is 4.27. The number of carbonyl (C=O) groups is 1. The molecular formula is C7H13NO2S. The number of hydrogen-bond donors (Lipinski definition) is 3. The smallest absolute Gasteiger partial charge is 0.321 e. The van der Waals surface area contributed by atoms with Gasteiger partial charge in [0, 0.05) is 4.75 Å². The van der Waals surface area contributed by atoms with Gasteiger partial charge in [-0.05, 0) is 25.7 Å². The highest BCUT2D eigenvalue weighted by Gasteiger charge is 2.45. The molecule has 0 aromatic heterocycles. The summed E-state index contributed by atoms with van der Waals surface area (Å²) in [6.45, 7) is 1.80. The van der Waals surface area contributed by atoms with Gasteiger partial charge in [-0.1, -0.05) is 0 Å². The topological polar surface area (TPSA) is 63.3 Å². The van der Waals surface area contributed by atoms with Gasteiger partial charge in [-0.3, -0.25) is 4.79 Å². The molecule has 0 aromatic carbocycles. The van der Waals surface area contributed by atoms with Gasteiger partial charge in [-0.25, -0.2) is 0 Å². The number of carboxylic acid groups (broad SMARTS) is 1. The van der Waals surface area contributed by atoms with Crippen LogP contribution in [0.15, 0.2) is 0 Å². The van der Waals surface area contributed by atoms with Crippen LogP contribution >= 0.6 is 12.6 Å². The monoisotopic (exact) mass is 175 g/mol. The van der Waals surface area contributed by atoms with Crippen molar-refractivity contribution < 1.29 is 9.90 Å². The van der Waals surface area contributed by atoms with Gasteiger partial charge in [0.1, 0.15) is 6.04 Å². The molecule has 0 aliphatic heterocycles. The van der Waals surface area contributed by atoms with Crippen molar-refractivity contribution in [2.24, 2.45) is 11.7 Å². The molecule has 1 saturated carbocycles. The van der Waals surface area contributed by atoms with Crippen LogP contribution in [0, 0.1) is 5.92 Å². The minimum atomic E-state index is -0.964. The molecule has 11 heavy (non-hydrogen) atoms. The Bertz CT molecular complexity index is 177. The Morgan fingerprint density at radius 1 is 1.82 bits per heavy atom. The number of hydrogen-bond acceptors (Lipinski definition) is 3. The quantitative estimate of drug-likeness (QED) is 0.547. The molecule has 1 fully saturated rings. The predicted molar refractivity (Wildman–Crippen MR) is 45.7 cm³/mol. The van der Waals surface area contributed by atoms with Crippen LogP contribution in [0.1, 0.15) is 19.8 Å². The van der Waals surface area contributed by atoms with E-state index in [0.717, 1.165) is 12.8 Å². The Morgan fingerprint density at radius 2 is 2.27 bits per heavy atom. The second kappa shape index (κ2) is 2.68. The van der Waals surface area contributed by atoms with Crippen LogP contribution in [0.5, 0.6) is 0 Å². The molecule has 3 N–H and O–H groups in total. The summed E-state index contributed by atoms with van der Waals surface area (Å²) in [4.78, 5) is 10.5. The first-order valence-corrected chi connectivity index (χ1v) is 4.11. The summed E-state index contributed by atoms with van der Waals surface area (Å²) in [5.74, 6) is -0.577. The minimum Gasteiger partial charge on any atom is -0.480 e. The zero-order chi connectivity index (χ0) is 8.65. The molecule has 3 nitrogen and oxygen atoms in total. The fourth-order valence-electron chi connectivity index (χ4n) is 1.17. The molecule has 0 amide bonds. The average molecular weight is 175 g/mol. The van der Waals surface area contributed by atoms with Gasteiger partial charge in [0.25, 0.3) is 0 Å². The van der Waals surface area contributed by atoms with Gasteiger partial charge >= 0.3 is 5.97 Å². The number of nitrogens with two attached hydrogens (primary N) is 1. The Balaban J connectivity index is 2.61. The normalized spacial score (nSPS) is 25.7. The van der Waals surface area contributed by atoms with Crippen LogP contribution in [0.25, 0.3) is 0 Å². The molecule has 2 atom stereocenters. The van der Waals surface area contributed by atoms with E-state index in [1.807, 2.05) is 0 Å². The standard InChI is InChI=1S/C7H13NO2S/c1-7(11,4-2-3-4)5(8)6(9)10/h4-5,11H,2-3,8H2,1H3,(H,9,10). The molecule has 0 spiro atoms. The molecule has 0 saturated heterocycles. The molecule has 64 valence electrons. The molecule has 0 radical (unpaired) electrons. The third kappa shape index (κ3) is 1.68. The number of rotatable bonds is 3. The molecule has 0 heterocycles. The lowest BCUT2D eigenvalue weighted by atomic mass is 9.96. The van der Waals surface area contributed by atoms with Gasteiger partial charge in [-0.15, -0.1) is 0 Å². The Kier molecular flexibility index (Phi) is 2.16. The van der Waals surface area contributed by atoms with Crippen LogP contribution in [0.3, 0.4) is 0 Å². The first-order chi connectivity index (χ1) is 4.96. The van der Waals surface area contributed by atoms with Crippen molar-refractivity contribution in [3.05, 3.63) is 0 Å². The highest BCUT2D eigenvalue weighted by atomic mass is 32.1. The Labute approximate surface area is 71.4 Å². The Hall–Kier alpha value is -0.220. The lowest BCUT2D eigenvalue weighted by Crippen LogP contribution is -2.48. The second-order valence-corrected chi connectivity index (χ2v) is 4.28. The van der Waals surface area contributed by atoms with Crippen molar-refractivity contribution in [2.75, 3.05) is 0 Å². The number of aliphatic carboxylic acids is 1. The first-order valence-electron chi connectivity index (χ1n) is 3.67. The first kappa shape index (κ1) is 8.87. The molecular weight excluding hydrogens is 162 g/mol. The molecule has 0 aromatic rings. The predicted octanol–water partition coefficient (Wildman–Crippen LogP) is 0.497. The van der Waals surface area contributed by atoms with Crippen molar-refractivity contribution >= 4 is 18.6 Å². The SMILES string of the molecule is CC(S)(C1CC1)C(N)C(=O)O.